The molecular weight excluding hydrogens is 436 g/mol. The zero-order valence-corrected chi connectivity index (χ0v) is 22.3. The Kier molecular flexibility index (Phi) is 12.6. The van der Waals surface area contributed by atoms with Crippen molar-refractivity contribution in [1.82, 2.24) is 0 Å². The standard InChI is InChI=1S/C31H44O4/c1-6-11-23-15-19-25(20-16-23)30(32)34-28(13-8-3)27(10-5)29(14-9-4)35-31(33)26-21-17-24(12-7-2)18-22-26/h15-22,27-29H,6-14H2,1-5H3. The number of rotatable bonds is 15. The first-order valence-electron chi connectivity index (χ1n) is 13.6. The lowest BCUT2D eigenvalue weighted by Crippen LogP contribution is -2.37. The van der Waals surface area contributed by atoms with E-state index in [2.05, 4.69) is 34.6 Å². The van der Waals surface area contributed by atoms with Crippen LogP contribution in [0.3, 0.4) is 0 Å². The molecule has 2 atom stereocenters. The molecule has 0 aliphatic carbocycles. The van der Waals surface area contributed by atoms with Crippen LogP contribution in [0.2, 0.25) is 0 Å². The second-order valence-corrected chi connectivity index (χ2v) is 9.43. The van der Waals surface area contributed by atoms with Crippen molar-refractivity contribution >= 4 is 11.9 Å². The summed E-state index contributed by atoms with van der Waals surface area (Å²) in [5, 5.41) is 0. The molecule has 0 saturated carbocycles. The molecule has 4 heteroatoms. The third-order valence-electron chi connectivity index (χ3n) is 6.55. The van der Waals surface area contributed by atoms with Crippen molar-refractivity contribution < 1.29 is 19.1 Å². The van der Waals surface area contributed by atoms with E-state index >= 15 is 0 Å². The van der Waals surface area contributed by atoms with E-state index in [4.69, 9.17) is 9.47 Å². The molecule has 2 aromatic carbocycles. The Labute approximate surface area is 212 Å². The third-order valence-corrected chi connectivity index (χ3v) is 6.55. The largest absolute Gasteiger partial charge is 0.458 e. The minimum Gasteiger partial charge on any atom is -0.458 e. The number of hydrogen-bond acceptors (Lipinski definition) is 4. The molecule has 0 radical (unpaired) electrons. The van der Waals surface area contributed by atoms with Crippen molar-refractivity contribution in [2.24, 2.45) is 5.92 Å². The molecule has 0 fully saturated rings. The van der Waals surface area contributed by atoms with E-state index in [9.17, 15) is 9.59 Å². The topological polar surface area (TPSA) is 52.6 Å². The van der Waals surface area contributed by atoms with Crippen molar-refractivity contribution in [2.45, 2.75) is 105 Å². The Balaban J connectivity index is 2.16. The van der Waals surface area contributed by atoms with Crippen LogP contribution in [0.5, 0.6) is 0 Å². The minimum absolute atomic E-state index is 0.0541. The van der Waals surface area contributed by atoms with Crippen LogP contribution in [-0.4, -0.2) is 24.1 Å². The van der Waals surface area contributed by atoms with Crippen LogP contribution in [0.25, 0.3) is 0 Å². The average Bonchev–Trinajstić information content (AvgIpc) is 2.86. The minimum atomic E-state index is -0.307. The van der Waals surface area contributed by atoms with Crippen molar-refractivity contribution in [2.75, 3.05) is 0 Å². The predicted molar refractivity (Wildman–Crippen MR) is 143 cm³/mol. The Hall–Kier alpha value is -2.62. The first-order chi connectivity index (χ1) is 17.0. The highest BCUT2D eigenvalue weighted by atomic mass is 16.6. The van der Waals surface area contributed by atoms with Crippen molar-refractivity contribution in [3.8, 4) is 0 Å². The van der Waals surface area contributed by atoms with E-state index in [1.807, 2.05) is 48.5 Å². The summed E-state index contributed by atoms with van der Waals surface area (Å²) >= 11 is 0. The maximum atomic E-state index is 13.0. The molecule has 2 aromatic rings. The van der Waals surface area contributed by atoms with E-state index in [1.165, 1.54) is 11.1 Å². The number of aryl methyl sites for hydroxylation is 2. The SMILES string of the molecule is CCCc1ccc(C(=O)OC(CCC)C(CC)C(CCC)OC(=O)c2ccc(CCC)cc2)cc1. The number of esters is 2. The van der Waals surface area contributed by atoms with Gasteiger partial charge in [0.05, 0.1) is 11.1 Å². The van der Waals surface area contributed by atoms with Gasteiger partial charge in [-0.15, -0.1) is 0 Å². The summed E-state index contributed by atoms with van der Waals surface area (Å²) in [6.07, 6.45) is 7.54. The lowest BCUT2D eigenvalue weighted by Gasteiger charge is -2.32. The van der Waals surface area contributed by atoms with Crippen molar-refractivity contribution in [3.63, 3.8) is 0 Å². The monoisotopic (exact) mass is 480 g/mol. The number of carbonyl (C=O) groups excluding carboxylic acids is 2. The van der Waals surface area contributed by atoms with E-state index in [-0.39, 0.29) is 30.1 Å². The van der Waals surface area contributed by atoms with Gasteiger partial charge in [0.1, 0.15) is 12.2 Å². The van der Waals surface area contributed by atoms with Gasteiger partial charge in [0, 0.05) is 5.92 Å². The van der Waals surface area contributed by atoms with Crippen molar-refractivity contribution in [3.05, 3.63) is 70.8 Å². The lowest BCUT2D eigenvalue weighted by molar-refractivity contribution is -0.0391. The van der Waals surface area contributed by atoms with Gasteiger partial charge in [0.25, 0.3) is 0 Å². The number of hydrogen-bond donors (Lipinski definition) is 0. The van der Waals surface area contributed by atoms with Gasteiger partial charge in [-0.05, 0) is 67.5 Å². The van der Waals surface area contributed by atoms with Gasteiger partial charge in [-0.25, -0.2) is 9.59 Å². The van der Waals surface area contributed by atoms with Crippen LogP contribution in [-0.2, 0) is 22.3 Å². The first kappa shape index (κ1) is 28.6. The van der Waals surface area contributed by atoms with Gasteiger partial charge >= 0.3 is 11.9 Å². The van der Waals surface area contributed by atoms with E-state index in [1.54, 1.807) is 0 Å². The number of carbonyl (C=O) groups is 2. The second kappa shape index (κ2) is 15.4. The summed E-state index contributed by atoms with van der Waals surface area (Å²) in [7, 11) is 0. The highest BCUT2D eigenvalue weighted by Gasteiger charge is 2.33. The zero-order chi connectivity index (χ0) is 25.6. The Morgan fingerprint density at radius 1 is 0.600 bits per heavy atom. The highest BCUT2D eigenvalue weighted by Crippen LogP contribution is 2.28. The molecule has 0 heterocycles. The molecule has 0 N–H and O–H groups in total. The third kappa shape index (κ3) is 8.83. The van der Waals surface area contributed by atoms with Gasteiger partial charge < -0.3 is 9.47 Å². The fourth-order valence-electron chi connectivity index (χ4n) is 4.66. The van der Waals surface area contributed by atoms with Gasteiger partial charge in [0.15, 0.2) is 0 Å². The van der Waals surface area contributed by atoms with Gasteiger partial charge in [0.2, 0.25) is 0 Å². The molecule has 0 aromatic heterocycles. The maximum absolute atomic E-state index is 13.0. The van der Waals surface area contributed by atoms with Crippen LogP contribution < -0.4 is 0 Å². The van der Waals surface area contributed by atoms with Crippen LogP contribution in [0.4, 0.5) is 0 Å². The smallest absolute Gasteiger partial charge is 0.338 e. The Morgan fingerprint density at radius 3 is 1.26 bits per heavy atom. The molecule has 2 rings (SSSR count). The summed E-state index contributed by atoms with van der Waals surface area (Å²) in [6.45, 7) is 10.5. The molecule has 35 heavy (non-hydrogen) atoms. The molecule has 0 spiro atoms. The molecule has 4 nitrogen and oxygen atoms in total. The molecule has 0 aliphatic heterocycles. The molecule has 192 valence electrons. The summed E-state index contributed by atoms with van der Waals surface area (Å²) in [6, 6.07) is 15.4. The fourth-order valence-corrected chi connectivity index (χ4v) is 4.66. The lowest BCUT2D eigenvalue weighted by atomic mass is 9.87. The quantitative estimate of drug-likeness (QED) is 0.243. The normalized spacial score (nSPS) is 13.6. The Morgan fingerprint density at radius 2 is 0.971 bits per heavy atom. The van der Waals surface area contributed by atoms with Crippen LogP contribution in [0.15, 0.2) is 48.5 Å². The van der Waals surface area contributed by atoms with Crippen LogP contribution in [0, 0.1) is 5.92 Å². The van der Waals surface area contributed by atoms with E-state index in [0.29, 0.717) is 11.1 Å². The van der Waals surface area contributed by atoms with Gasteiger partial charge in [-0.1, -0.05) is 84.6 Å². The number of benzene rings is 2. The molecule has 0 aliphatic rings. The van der Waals surface area contributed by atoms with Crippen LogP contribution >= 0.6 is 0 Å². The maximum Gasteiger partial charge on any atom is 0.338 e. The fraction of sp³-hybridized carbons (Fsp3) is 0.548. The molecular formula is C31H44O4. The van der Waals surface area contributed by atoms with E-state index < -0.39 is 0 Å². The molecule has 0 saturated heterocycles. The summed E-state index contributed by atoms with van der Waals surface area (Å²) in [5.41, 5.74) is 3.57. The summed E-state index contributed by atoms with van der Waals surface area (Å²) in [5.74, 6) is -0.669. The molecule has 2 unspecified atom stereocenters. The summed E-state index contributed by atoms with van der Waals surface area (Å²) < 4.78 is 12.1. The second-order valence-electron chi connectivity index (χ2n) is 9.43. The molecule has 0 bridgehead atoms. The highest BCUT2D eigenvalue weighted by molar-refractivity contribution is 5.90. The number of ether oxygens (including phenoxy) is 2. The first-order valence-corrected chi connectivity index (χ1v) is 13.6. The zero-order valence-electron chi connectivity index (χ0n) is 22.3. The van der Waals surface area contributed by atoms with Crippen LogP contribution in [0.1, 0.15) is 111 Å². The average molecular weight is 481 g/mol. The van der Waals surface area contributed by atoms with Crippen molar-refractivity contribution in [1.29, 1.82) is 0 Å². The molecule has 0 amide bonds. The van der Waals surface area contributed by atoms with Gasteiger partial charge in [-0.3, -0.25) is 0 Å². The van der Waals surface area contributed by atoms with E-state index in [0.717, 1.165) is 57.8 Å². The summed E-state index contributed by atoms with van der Waals surface area (Å²) in [4.78, 5) is 26.0. The Bertz CT molecular complexity index is 812. The van der Waals surface area contributed by atoms with Gasteiger partial charge in [-0.2, -0.15) is 0 Å². The predicted octanol–water partition coefficient (Wildman–Crippen LogP) is 7.97.